The van der Waals surface area contributed by atoms with Gasteiger partial charge in [0.05, 0.1) is 0 Å². The van der Waals surface area contributed by atoms with E-state index in [9.17, 15) is 58.5 Å². The number of cyclic esters (lactones) is 3. The molecule has 24 nitrogen and oxygen atoms in total. The number of aliphatic hydroxyl groups excluding tert-OH is 3. The number of carbonyl (C=O) groups is 9. The molecule has 0 radical (unpaired) electrons. The number of aliphatic hydroxyl groups is 3. The first kappa shape index (κ1) is 56.1. The number of hydrogen-bond donors (Lipinski definition) is 3. The average Bonchev–Trinajstić information content (AvgIpc) is 3.37. The van der Waals surface area contributed by atoms with Gasteiger partial charge in [-0.15, -0.1) is 0 Å². The van der Waals surface area contributed by atoms with E-state index >= 15 is 0 Å². The number of esters is 9. The summed E-state index contributed by atoms with van der Waals surface area (Å²) in [7, 11) is 0. The summed E-state index contributed by atoms with van der Waals surface area (Å²) in [4.78, 5) is 115. The van der Waals surface area contributed by atoms with Crippen LogP contribution >= 0.6 is 0 Å². The second-order valence-corrected chi connectivity index (χ2v) is 19.4. The van der Waals surface area contributed by atoms with Crippen molar-refractivity contribution < 1.29 is 115 Å². The number of rotatable bonds is 13. The summed E-state index contributed by atoms with van der Waals surface area (Å²) in [5.41, 5.74) is -2.23. The van der Waals surface area contributed by atoms with Gasteiger partial charge in [0, 0.05) is 78.1 Å². The van der Waals surface area contributed by atoms with Crippen LogP contribution in [0.3, 0.4) is 0 Å². The van der Waals surface area contributed by atoms with Crippen LogP contribution in [-0.2, 0) is 100.0 Å². The highest BCUT2D eigenvalue weighted by molar-refractivity contribution is 6.17. The topological polar surface area (TPSA) is 325 Å². The van der Waals surface area contributed by atoms with E-state index in [0.29, 0.717) is 25.7 Å². The van der Waals surface area contributed by atoms with E-state index in [0.717, 1.165) is 18.2 Å². The van der Waals surface area contributed by atoms with Crippen molar-refractivity contribution in [3.63, 3.8) is 0 Å². The molecular formula is C55H54O24. The minimum Gasteiger partial charge on any atom is -0.480 e. The maximum atomic E-state index is 13.1. The molecule has 1 atom stereocenters. The molecule has 418 valence electrons. The van der Waals surface area contributed by atoms with Gasteiger partial charge in [-0.3, -0.25) is 0 Å². The predicted octanol–water partition coefficient (Wildman–Crippen LogP) is 6.40. The minimum atomic E-state index is -1.73. The third kappa shape index (κ3) is 12.2. The third-order valence-corrected chi connectivity index (χ3v) is 13.3. The molecule has 4 spiro atoms. The van der Waals surface area contributed by atoms with E-state index < -0.39 is 117 Å². The van der Waals surface area contributed by atoms with Crippen LogP contribution in [0.2, 0.25) is 0 Å². The highest BCUT2D eigenvalue weighted by atomic mass is 16.8. The molecule has 0 amide bonds. The first-order chi connectivity index (χ1) is 37.5. The quantitative estimate of drug-likeness (QED) is 0.0590. The van der Waals surface area contributed by atoms with Gasteiger partial charge in [-0.1, -0.05) is 68.5 Å². The maximum absolute atomic E-state index is 13.1. The summed E-state index contributed by atoms with van der Waals surface area (Å²) in [6, 6.07) is 0. The van der Waals surface area contributed by atoms with Gasteiger partial charge in [0.2, 0.25) is 0 Å². The lowest BCUT2D eigenvalue weighted by atomic mass is 9.87. The van der Waals surface area contributed by atoms with Crippen molar-refractivity contribution >= 4 is 53.7 Å². The molecule has 0 aromatic rings. The largest absolute Gasteiger partial charge is 0.480 e. The Kier molecular flexibility index (Phi) is 15.7. The van der Waals surface area contributed by atoms with E-state index in [4.69, 9.17) is 56.8 Å². The van der Waals surface area contributed by atoms with Crippen molar-refractivity contribution in [3.05, 3.63) is 142 Å². The van der Waals surface area contributed by atoms with E-state index in [-0.39, 0.29) is 73.7 Å². The predicted molar refractivity (Wildman–Crippen MR) is 261 cm³/mol. The Bertz CT molecular complexity index is 2950. The molecule has 3 N–H and O–H groups in total. The van der Waals surface area contributed by atoms with Crippen molar-refractivity contribution in [1.82, 2.24) is 0 Å². The SMILES string of the molecule is CCCC1(C)OC(=O)C(=CC=CC=CC2=C(O)OC3(CCC4(CC3)OC(=O)C(=CC=CC=CC3=C(O)OC5(CCC6(CC5)OC(=O)C(=CC=CC=CC5=C(O)OC(C)(CCC)OC5=O)C(=O)O6)OC3=O)C(=O)O4)OC2=O)C(=O)O1. The van der Waals surface area contributed by atoms with E-state index in [1.807, 2.05) is 13.8 Å². The molecule has 6 aliphatic heterocycles. The number of hydrogen-bond acceptors (Lipinski definition) is 24. The van der Waals surface area contributed by atoms with Gasteiger partial charge in [-0.2, -0.15) is 0 Å². The molecule has 2 saturated carbocycles. The van der Waals surface area contributed by atoms with Crippen molar-refractivity contribution in [2.45, 2.75) is 139 Å². The summed E-state index contributed by atoms with van der Waals surface area (Å²) in [6.45, 7) is 6.72. The minimum absolute atomic E-state index is 0.159. The van der Waals surface area contributed by atoms with Crippen LogP contribution in [-0.4, -0.2) is 104 Å². The van der Waals surface area contributed by atoms with Crippen molar-refractivity contribution in [2.75, 3.05) is 0 Å². The van der Waals surface area contributed by atoms with E-state index in [1.54, 1.807) is 0 Å². The Morgan fingerprint density at radius 1 is 0.329 bits per heavy atom. The molecule has 2 aliphatic carbocycles. The summed E-state index contributed by atoms with van der Waals surface area (Å²) in [5.74, 6) is -20.1. The zero-order valence-electron chi connectivity index (χ0n) is 43.1. The first-order valence-corrected chi connectivity index (χ1v) is 25.1. The zero-order valence-corrected chi connectivity index (χ0v) is 43.1. The molecule has 3 saturated heterocycles. The standard InChI is InChI=1S/C55H54O24/c1-5-22-50(3)68-38(56)32(39(57)69-50)16-10-7-12-18-34-42(60)72-52(73-43(34)61)24-28-54(29-25-52)76-46(64)36(47(65)77-54)20-14-9-15-21-37-48(66)78-55(79-49(37)67)30-26-53(27-31-55)74-44(62)35(45(63)75-53)19-13-8-11-17-33-40(58)70-51(4,23-6-2)71-41(33)59/h7-21,56,62,64H,5-6,22-31H2,1-4H3. The number of allylic oxidation sites excluding steroid dienone is 12. The molecule has 0 bridgehead atoms. The Balaban J connectivity index is 0.788. The van der Waals surface area contributed by atoms with Crippen LogP contribution in [0.25, 0.3) is 0 Å². The zero-order chi connectivity index (χ0) is 57.0. The van der Waals surface area contributed by atoms with Crippen LogP contribution in [0.4, 0.5) is 0 Å². The van der Waals surface area contributed by atoms with Crippen LogP contribution in [0.5, 0.6) is 0 Å². The lowest BCUT2D eigenvalue weighted by molar-refractivity contribution is -0.297. The lowest BCUT2D eigenvalue weighted by Gasteiger charge is -2.46. The van der Waals surface area contributed by atoms with Gasteiger partial charge in [-0.05, 0) is 49.3 Å². The fourth-order valence-electron chi connectivity index (χ4n) is 9.34. The molecule has 8 rings (SSSR count). The van der Waals surface area contributed by atoms with Gasteiger partial charge >= 0.3 is 53.7 Å². The lowest BCUT2D eigenvalue weighted by Crippen LogP contribution is -2.54. The van der Waals surface area contributed by atoms with Gasteiger partial charge in [0.15, 0.2) is 0 Å². The maximum Gasteiger partial charge on any atom is 0.348 e. The number of carbonyl (C=O) groups excluding carboxylic acids is 9. The normalized spacial score (nSPS) is 31.4. The van der Waals surface area contributed by atoms with Gasteiger partial charge in [-0.25, -0.2) is 43.2 Å². The Morgan fingerprint density at radius 3 is 0.861 bits per heavy atom. The molecule has 1 unspecified atom stereocenters. The highest BCUT2D eigenvalue weighted by Crippen LogP contribution is 2.48. The fourth-order valence-corrected chi connectivity index (χ4v) is 9.34. The van der Waals surface area contributed by atoms with Crippen molar-refractivity contribution in [3.8, 4) is 0 Å². The van der Waals surface area contributed by atoms with Gasteiger partial charge < -0.3 is 72.2 Å². The molecule has 0 aromatic heterocycles. The Labute approximate surface area is 449 Å². The van der Waals surface area contributed by atoms with E-state index in [2.05, 4.69) is 0 Å². The molecule has 8 aliphatic rings. The van der Waals surface area contributed by atoms with Crippen LogP contribution < -0.4 is 0 Å². The third-order valence-electron chi connectivity index (χ3n) is 13.3. The second kappa shape index (κ2) is 22.1. The second-order valence-electron chi connectivity index (χ2n) is 19.4. The van der Waals surface area contributed by atoms with Gasteiger partial charge in [0.1, 0.15) is 33.4 Å². The highest BCUT2D eigenvalue weighted by Gasteiger charge is 2.58. The average molecular weight is 1100 g/mol. The Hall–Kier alpha value is -9.09. The van der Waals surface area contributed by atoms with Crippen LogP contribution in [0.15, 0.2) is 142 Å². The smallest absolute Gasteiger partial charge is 0.348 e. The first-order valence-electron chi connectivity index (χ1n) is 25.1. The molecule has 6 heterocycles. The van der Waals surface area contributed by atoms with Crippen LogP contribution in [0.1, 0.15) is 105 Å². The summed E-state index contributed by atoms with van der Waals surface area (Å²) >= 11 is 0. The summed E-state index contributed by atoms with van der Waals surface area (Å²) in [5, 5.41) is 31.7. The molecule has 24 heteroatoms. The van der Waals surface area contributed by atoms with Crippen molar-refractivity contribution in [2.24, 2.45) is 0 Å². The summed E-state index contributed by atoms with van der Waals surface area (Å²) < 4.78 is 65.7. The van der Waals surface area contributed by atoms with Crippen LogP contribution in [0, 0.1) is 0 Å². The van der Waals surface area contributed by atoms with E-state index in [1.165, 1.54) is 86.8 Å². The number of ether oxygens (including phenoxy) is 12. The summed E-state index contributed by atoms with van der Waals surface area (Å²) in [6.07, 6.45) is 19.4. The molecular weight excluding hydrogens is 1040 g/mol. The van der Waals surface area contributed by atoms with Crippen molar-refractivity contribution in [1.29, 1.82) is 0 Å². The molecule has 0 aromatic carbocycles. The monoisotopic (exact) mass is 1100 g/mol. The molecule has 79 heavy (non-hydrogen) atoms. The van der Waals surface area contributed by atoms with Gasteiger partial charge in [0.25, 0.3) is 52.6 Å². The Morgan fingerprint density at radius 2 is 0.570 bits per heavy atom. The molecule has 5 fully saturated rings. The fraction of sp³-hybridized carbons (Fsp3) is 0.400.